The number of hydrogen-bond donors (Lipinski definition) is 1. The third-order valence-electron chi connectivity index (χ3n) is 4.40. The number of carbonyl (C=O) groups is 1. The molecule has 26 heavy (non-hydrogen) atoms. The molecule has 4 nitrogen and oxygen atoms in total. The molecule has 7 heteroatoms. The number of benzene rings is 2. The number of hydrogen-bond acceptors (Lipinski definition) is 3. The minimum atomic E-state index is -0.393. The molecule has 0 saturated carbocycles. The molecule has 2 aromatic carbocycles. The molecular formula is C19H16Cl2FN3O. The molecule has 0 spiro atoms. The van der Waals surface area contributed by atoms with Gasteiger partial charge in [-0.1, -0.05) is 23.2 Å². The second-order valence-corrected chi connectivity index (χ2v) is 7.00. The van der Waals surface area contributed by atoms with E-state index >= 15 is 0 Å². The molecule has 3 rings (SSSR count). The van der Waals surface area contributed by atoms with E-state index in [0.717, 1.165) is 6.42 Å². The molecule has 1 fully saturated rings. The number of rotatable bonds is 4. The third kappa shape index (κ3) is 4.16. The number of halogens is 3. The van der Waals surface area contributed by atoms with Gasteiger partial charge in [0.1, 0.15) is 5.82 Å². The maximum absolute atomic E-state index is 14.1. The van der Waals surface area contributed by atoms with Crippen LogP contribution in [-0.4, -0.2) is 23.4 Å². The Labute approximate surface area is 161 Å². The summed E-state index contributed by atoms with van der Waals surface area (Å²) < 4.78 is 14.1. The van der Waals surface area contributed by atoms with Crippen LogP contribution in [0.3, 0.4) is 0 Å². The van der Waals surface area contributed by atoms with Gasteiger partial charge in [0.05, 0.1) is 28.4 Å². The van der Waals surface area contributed by atoms with E-state index in [1.165, 1.54) is 18.2 Å². The molecule has 0 radical (unpaired) electrons. The molecule has 1 aliphatic rings. The Bertz CT molecular complexity index is 882. The summed E-state index contributed by atoms with van der Waals surface area (Å²) in [7, 11) is 0. The highest BCUT2D eigenvalue weighted by Gasteiger charge is 2.31. The highest BCUT2D eigenvalue weighted by atomic mass is 35.5. The Kier molecular flexibility index (Phi) is 5.77. The van der Waals surface area contributed by atoms with E-state index in [0.29, 0.717) is 39.8 Å². The molecule has 1 aliphatic heterocycles. The standard InChI is InChI=1S/C19H16Cl2FN3O/c20-14-4-5-15(21)17(9-14)24-19(26)18-2-1-7-25(18)11-13-8-12(10-23)3-6-16(13)22/h3-6,8-9,18H,1-2,7,11H2,(H,24,26)/t18-/m1/s1. The highest BCUT2D eigenvalue weighted by molar-refractivity contribution is 6.35. The number of amides is 1. The van der Waals surface area contributed by atoms with Gasteiger partial charge in [-0.3, -0.25) is 9.69 Å². The van der Waals surface area contributed by atoms with Gasteiger partial charge >= 0.3 is 0 Å². The van der Waals surface area contributed by atoms with Crippen LogP contribution in [0.2, 0.25) is 10.0 Å². The van der Waals surface area contributed by atoms with E-state index < -0.39 is 6.04 Å². The van der Waals surface area contributed by atoms with Gasteiger partial charge in [-0.05, 0) is 55.8 Å². The molecular weight excluding hydrogens is 376 g/mol. The molecule has 1 N–H and O–H groups in total. The Morgan fingerprint density at radius 2 is 2.12 bits per heavy atom. The summed E-state index contributed by atoms with van der Waals surface area (Å²) >= 11 is 12.1. The monoisotopic (exact) mass is 391 g/mol. The molecule has 0 aliphatic carbocycles. The van der Waals surface area contributed by atoms with Gasteiger partial charge in [0.2, 0.25) is 5.91 Å². The van der Waals surface area contributed by atoms with Crippen LogP contribution in [0.15, 0.2) is 36.4 Å². The molecule has 0 bridgehead atoms. The molecule has 1 saturated heterocycles. The zero-order valence-electron chi connectivity index (χ0n) is 13.8. The lowest BCUT2D eigenvalue weighted by Gasteiger charge is -2.24. The van der Waals surface area contributed by atoms with Gasteiger partial charge < -0.3 is 5.32 Å². The minimum Gasteiger partial charge on any atom is -0.323 e. The van der Waals surface area contributed by atoms with Crippen molar-refractivity contribution >= 4 is 34.8 Å². The number of carbonyl (C=O) groups excluding carboxylic acids is 1. The number of likely N-dealkylation sites (tertiary alicyclic amines) is 1. The second-order valence-electron chi connectivity index (χ2n) is 6.16. The number of nitrogens with zero attached hydrogens (tertiary/aromatic N) is 2. The van der Waals surface area contributed by atoms with Gasteiger partial charge in [0.15, 0.2) is 0 Å². The first kappa shape index (κ1) is 18.7. The van der Waals surface area contributed by atoms with E-state index in [-0.39, 0.29) is 18.3 Å². The van der Waals surface area contributed by atoms with Crippen LogP contribution in [0.25, 0.3) is 0 Å². The van der Waals surface area contributed by atoms with Crippen LogP contribution < -0.4 is 5.32 Å². The van der Waals surface area contributed by atoms with E-state index in [4.69, 9.17) is 28.5 Å². The van der Waals surface area contributed by atoms with Gasteiger partial charge in [0, 0.05) is 17.1 Å². The smallest absolute Gasteiger partial charge is 0.241 e. The number of nitriles is 1. The Morgan fingerprint density at radius 3 is 2.88 bits per heavy atom. The van der Waals surface area contributed by atoms with Crippen molar-refractivity contribution in [1.29, 1.82) is 5.26 Å². The van der Waals surface area contributed by atoms with E-state index in [1.54, 1.807) is 18.2 Å². The van der Waals surface area contributed by atoms with Crippen LogP contribution in [-0.2, 0) is 11.3 Å². The van der Waals surface area contributed by atoms with Crippen LogP contribution in [0.4, 0.5) is 10.1 Å². The summed E-state index contributed by atoms with van der Waals surface area (Å²) in [6.45, 7) is 0.945. The van der Waals surface area contributed by atoms with Crippen molar-refractivity contribution in [2.24, 2.45) is 0 Å². The predicted molar refractivity (Wildman–Crippen MR) is 99.6 cm³/mol. The lowest BCUT2D eigenvalue weighted by molar-refractivity contribution is -0.120. The average Bonchev–Trinajstić information content (AvgIpc) is 3.08. The van der Waals surface area contributed by atoms with Gasteiger partial charge in [-0.2, -0.15) is 5.26 Å². The molecule has 0 unspecified atom stereocenters. The fraction of sp³-hybridized carbons (Fsp3) is 0.263. The van der Waals surface area contributed by atoms with E-state index in [9.17, 15) is 9.18 Å². The van der Waals surface area contributed by atoms with E-state index in [2.05, 4.69) is 5.32 Å². The molecule has 134 valence electrons. The lowest BCUT2D eigenvalue weighted by atomic mass is 10.1. The SMILES string of the molecule is N#Cc1ccc(F)c(CN2CCC[C@@H]2C(=O)Nc2cc(Cl)ccc2Cl)c1. The molecule has 2 aromatic rings. The predicted octanol–water partition coefficient (Wildman–Crippen LogP) is 4.61. The Morgan fingerprint density at radius 1 is 1.31 bits per heavy atom. The lowest BCUT2D eigenvalue weighted by Crippen LogP contribution is -2.39. The van der Waals surface area contributed by atoms with Crippen molar-refractivity contribution < 1.29 is 9.18 Å². The van der Waals surface area contributed by atoms with Crippen molar-refractivity contribution in [2.75, 3.05) is 11.9 Å². The first-order valence-electron chi connectivity index (χ1n) is 8.16. The maximum atomic E-state index is 14.1. The number of nitrogens with one attached hydrogen (secondary N) is 1. The van der Waals surface area contributed by atoms with Gasteiger partial charge in [-0.15, -0.1) is 0 Å². The third-order valence-corrected chi connectivity index (χ3v) is 4.97. The first-order valence-corrected chi connectivity index (χ1v) is 8.92. The van der Waals surface area contributed by atoms with E-state index in [1.807, 2.05) is 11.0 Å². The molecule has 1 heterocycles. The quantitative estimate of drug-likeness (QED) is 0.827. The Balaban J connectivity index is 1.75. The van der Waals surface area contributed by atoms with Crippen LogP contribution >= 0.6 is 23.2 Å². The second kappa shape index (κ2) is 8.05. The average molecular weight is 392 g/mol. The van der Waals surface area contributed by atoms with Crippen LogP contribution in [0.1, 0.15) is 24.0 Å². The van der Waals surface area contributed by atoms with Gasteiger partial charge in [-0.25, -0.2) is 4.39 Å². The first-order chi connectivity index (χ1) is 12.5. The maximum Gasteiger partial charge on any atom is 0.241 e. The molecule has 1 atom stereocenters. The van der Waals surface area contributed by atoms with Crippen molar-refractivity contribution in [3.05, 3.63) is 63.4 Å². The summed E-state index contributed by atoms with van der Waals surface area (Å²) in [5.41, 5.74) is 1.26. The fourth-order valence-corrected chi connectivity index (χ4v) is 3.44. The summed E-state index contributed by atoms with van der Waals surface area (Å²) in [5.74, 6) is -0.587. The van der Waals surface area contributed by atoms with Crippen molar-refractivity contribution in [3.8, 4) is 6.07 Å². The molecule has 0 aromatic heterocycles. The van der Waals surface area contributed by atoms with Crippen LogP contribution in [0, 0.1) is 17.1 Å². The summed E-state index contributed by atoms with van der Waals surface area (Å²) in [4.78, 5) is 14.6. The Hall–Kier alpha value is -2.13. The largest absolute Gasteiger partial charge is 0.323 e. The van der Waals surface area contributed by atoms with Crippen LogP contribution in [0.5, 0.6) is 0 Å². The molecule has 1 amide bonds. The summed E-state index contributed by atoms with van der Waals surface area (Å²) in [6.07, 6.45) is 1.50. The topological polar surface area (TPSA) is 56.1 Å². The normalized spacial score (nSPS) is 17.1. The van der Waals surface area contributed by atoms with Crippen molar-refractivity contribution in [1.82, 2.24) is 4.90 Å². The number of anilines is 1. The fourth-order valence-electron chi connectivity index (χ4n) is 3.11. The zero-order valence-corrected chi connectivity index (χ0v) is 15.3. The zero-order chi connectivity index (χ0) is 18.7. The summed E-state index contributed by atoms with van der Waals surface area (Å²) in [5, 5.41) is 12.7. The van der Waals surface area contributed by atoms with Crippen molar-refractivity contribution in [2.45, 2.75) is 25.4 Å². The van der Waals surface area contributed by atoms with Gasteiger partial charge in [0.25, 0.3) is 0 Å². The van der Waals surface area contributed by atoms with Crippen molar-refractivity contribution in [3.63, 3.8) is 0 Å². The minimum absolute atomic E-state index is 0.205. The summed E-state index contributed by atoms with van der Waals surface area (Å²) in [6, 6.07) is 10.7. The highest BCUT2D eigenvalue weighted by Crippen LogP contribution is 2.28.